The lowest BCUT2D eigenvalue weighted by molar-refractivity contribution is -0.131. The van der Waals surface area contributed by atoms with E-state index in [1.807, 2.05) is 0 Å². The standard InChI is InChI=1S/C10H16N2O3/c11-7-1-3-8(4-2-7)12-9(13)5-6-10(14)15/h5-8H,1-4,11H2,(H,12,13)(H,14,15). The monoisotopic (exact) mass is 212 g/mol. The second kappa shape index (κ2) is 5.50. The summed E-state index contributed by atoms with van der Waals surface area (Å²) in [5, 5.41) is 11.1. The first-order chi connectivity index (χ1) is 7.08. The molecule has 0 radical (unpaired) electrons. The van der Waals surface area contributed by atoms with Gasteiger partial charge in [0.15, 0.2) is 0 Å². The number of hydrogen-bond acceptors (Lipinski definition) is 3. The number of hydrogen-bond donors (Lipinski definition) is 3. The third kappa shape index (κ3) is 4.60. The Labute approximate surface area is 88.3 Å². The third-order valence-corrected chi connectivity index (χ3v) is 2.50. The van der Waals surface area contributed by atoms with Crippen molar-refractivity contribution in [3.8, 4) is 0 Å². The maximum absolute atomic E-state index is 11.2. The van der Waals surface area contributed by atoms with Crippen molar-refractivity contribution in [1.29, 1.82) is 0 Å². The van der Waals surface area contributed by atoms with Gasteiger partial charge < -0.3 is 16.2 Å². The van der Waals surface area contributed by atoms with Gasteiger partial charge in [-0.25, -0.2) is 4.79 Å². The number of carbonyl (C=O) groups is 2. The maximum atomic E-state index is 11.2. The highest BCUT2D eigenvalue weighted by molar-refractivity contribution is 5.93. The molecule has 1 aliphatic rings. The van der Waals surface area contributed by atoms with Crippen LogP contribution in [0.3, 0.4) is 0 Å². The van der Waals surface area contributed by atoms with Gasteiger partial charge in [-0.1, -0.05) is 0 Å². The molecule has 0 aromatic rings. The highest BCUT2D eigenvalue weighted by Gasteiger charge is 2.18. The van der Waals surface area contributed by atoms with E-state index in [2.05, 4.69) is 5.32 Å². The summed E-state index contributed by atoms with van der Waals surface area (Å²) in [6, 6.07) is 0.378. The molecule has 0 aromatic carbocycles. The molecule has 0 aliphatic heterocycles. The van der Waals surface area contributed by atoms with E-state index >= 15 is 0 Å². The summed E-state index contributed by atoms with van der Waals surface area (Å²) in [7, 11) is 0. The predicted molar refractivity (Wildman–Crippen MR) is 55.1 cm³/mol. The van der Waals surface area contributed by atoms with E-state index in [1.165, 1.54) is 0 Å². The summed E-state index contributed by atoms with van der Waals surface area (Å²) >= 11 is 0. The van der Waals surface area contributed by atoms with Gasteiger partial charge in [0.05, 0.1) is 0 Å². The van der Waals surface area contributed by atoms with E-state index in [0.29, 0.717) is 0 Å². The fourth-order valence-electron chi connectivity index (χ4n) is 1.66. The molecule has 0 spiro atoms. The van der Waals surface area contributed by atoms with Crippen molar-refractivity contribution in [2.24, 2.45) is 5.73 Å². The lowest BCUT2D eigenvalue weighted by Gasteiger charge is -2.26. The molecule has 1 fully saturated rings. The number of nitrogens with one attached hydrogen (secondary N) is 1. The van der Waals surface area contributed by atoms with Crippen molar-refractivity contribution in [1.82, 2.24) is 5.32 Å². The largest absolute Gasteiger partial charge is 0.478 e. The van der Waals surface area contributed by atoms with Crippen molar-refractivity contribution in [2.75, 3.05) is 0 Å². The second-order valence-electron chi connectivity index (χ2n) is 3.79. The highest BCUT2D eigenvalue weighted by Crippen LogP contribution is 2.16. The first kappa shape index (κ1) is 11.7. The smallest absolute Gasteiger partial charge is 0.328 e. The Morgan fingerprint density at radius 3 is 2.33 bits per heavy atom. The number of amides is 1. The van der Waals surface area contributed by atoms with Crippen LogP contribution in [0.4, 0.5) is 0 Å². The molecular formula is C10H16N2O3. The molecule has 5 heteroatoms. The maximum Gasteiger partial charge on any atom is 0.328 e. The molecule has 1 amide bonds. The summed E-state index contributed by atoms with van der Waals surface area (Å²) in [4.78, 5) is 21.4. The molecule has 0 atom stereocenters. The molecule has 1 saturated carbocycles. The van der Waals surface area contributed by atoms with E-state index in [-0.39, 0.29) is 18.0 Å². The quantitative estimate of drug-likeness (QED) is 0.575. The molecule has 4 N–H and O–H groups in total. The van der Waals surface area contributed by atoms with Gasteiger partial charge in [-0.05, 0) is 25.7 Å². The number of carboxylic acid groups (broad SMARTS) is 1. The number of carbonyl (C=O) groups excluding carboxylic acids is 1. The van der Waals surface area contributed by atoms with Crippen LogP contribution in [-0.2, 0) is 9.59 Å². The molecule has 0 bridgehead atoms. The molecule has 0 saturated heterocycles. The first-order valence-corrected chi connectivity index (χ1v) is 5.05. The number of carboxylic acids is 1. The molecule has 0 heterocycles. The number of rotatable bonds is 3. The normalized spacial score (nSPS) is 26.5. The van der Waals surface area contributed by atoms with Crippen LogP contribution in [0, 0.1) is 0 Å². The second-order valence-corrected chi connectivity index (χ2v) is 3.79. The van der Waals surface area contributed by atoms with E-state index in [1.54, 1.807) is 0 Å². The Bertz CT molecular complexity index is 268. The minimum Gasteiger partial charge on any atom is -0.478 e. The summed E-state index contributed by atoms with van der Waals surface area (Å²) in [5.41, 5.74) is 5.72. The van der Waals surface area contributed by atoms with Gasteiger partial charge in [0.1, 0.15) is 0 Å². The van der Waals surface area contributed by atoms with Crippen LogP contribution < -0.4 is 11.1 Å². The summed E-state index contributed by atoms with van der Waals surface area (Å²) in [6.07, 6.45) is 5.43. The van der Waals surface area contributed by atoms with Crippen LogP contribution in [-0.4, -0.2) is 29.1 Å². The lowest BCUT2D eigenvalue weighted by atomic mass is 9.92. The Kier molecular flexibility index (Phi) is 4.30. The van der Waals surface area contributed by atoms with Crippen molar-refractivity contribution in [2.45, 2.75) is 37.8 Å². The Morgan fingerprint density at radius 1 is 1.20 bits per heavy atom. The van der Waals surface area contributed by atoms with E-state index < -0.39 is 5.97 Å². The highest BCUT2D eigenvalue weighted by atomic mass is 16.4. The van der Waals surface area contributed by atoms with Gasteiger partial charge in [-0.15, -0.1) is 0 Å². The third-order valence-electron chi connectivity index (χ3n) is 2.50. The van der Waals surface area contributed by atoms with Crippen molar-refractivity contribution >= 4 is 11.9 Å². The Morgan fingerprint density at radius 2 is 1.80 bits per heavy atom. The van der Waals surface area contributed by atoms with Crippen LogP contribution in [0.25, 0.3) is 0 Å². The summed E-state index contributed by atoms with van der Waals surface area (Å²) in [5.74, 6) is -1.46. The summed E-state index contributed by atoms with van der Waals surface area (Å²) in [6.45, 7) is 0. The van der Waals surface area contributed by atoms with Crippen molar-refractivity contribution < 1.29 is 14.7 Å². The van der Waals surface area contributed by atoms with Crippen LogP contribution in [0.5, 0.6) is 0 Å². The van der Waals surface area contributed by atoms with Crippen molar-refractivity contribution in [3.05, 3.63) is 12.2 Å². The topological polar surface area (TPSA) is 92.4 Å². The molecular weight excluding hydrogens is 196 g/mol. The van der Waals surface area contributed by atoms with Crippen LogP contribution in [0.1, 0.15) is 25.7 Å². The van der Waals surface area contributed by atoms with Crippen LogP contribution in [0.15, 0.2) is 12.2 Å². The van der Waals surface area contributed by atoms with Gasteiger partial charge >= 0.3 is 5.97 Å². The molecule has 0 unspecified atom stereocenters. The van der Waals surface area contributed by atoms with Crippen LogP contribution in [0.2, 0.25) is 0 Å². The zero-order valence-corrected chi connectivity index (χ0v) is 8.48. The molecule has 5 nitrogen and oxygen atoms in total. The zero-order valence-electron chi connectivity index (χ0n) is 8.48. The van der Waals surface area contributed by atoms with Gasteiger partial charge in [0.2, 0.25) is 5.91 Å². The molecule has 0 aromatic heterocycles. The van der Waals surface area contributed by atoms with E-state index in [4.69, 9.17) is 10.8 Å². The number of aliphatic carboxylic acids is 1. The minimum absolute atomic E-state index is 0.135. The van der Waals surface area contributed by atoms with Crippen molar-refractivity contribution in [3.63, 3.8) is 0 Å². The Hall–Kier alpha value is -1.36. The molecule has 1 rings (SSSR count). The lowest BCUT2D eigenvalue weighted by Crippen LogP contribution is -2.39. The first-order valence-electron chi connectivity index (χ1n) is 5.05. The van der Waals surface area contributed by atoms with Gasteiger partial charge in [-0.2, -0.15) is 0 Å². The molecule has 84 valence electrons. The van der Waals surface area contributed by atoms with Gasteiger partial charge in [0, 0.05) is 24.2 Å². The zero-order chi connectivity index (χ0) is 11.3. The fourth-order valence-corrected chi connectivity index (χ4v) is 1.66. The van der Waals surface area contributed by atoms with E-state index in [0.717, 1.165) is 37.8 Å². The summed E-state index contributed by atoms with van der Waals surface area (Å²) < 4.78 is 0. The molecule has 15 heavy (non-hydrogen) atoms. The average Bonchev–Trinajstić information content (AvgIpc) is 2.19. The number of nitrogens with two attached hydrogens (primary N) is 1. The fraction of sp³-hybridized carbons (Fsp3) is 0.600. The SMILES string of the molecule is NC1CCC(NC(=O)C=CC(=O)O)CC1. The van der Waals surface area contributed by atoms with Gasteiger partial charge in [0.25, 0.3) is 0 Å². The minimum atomic E-state index is -1.11. The molecule has 1 aliphatic carbocycles. The average molecular weight is 212 g/mol. The van der Waals surface area contributed by atoms with Crippen LogP contribution >= 0.6 is 0 Å². The predicted octanol–water partition coefficient (Wildman–Crippen LogP) is 0.0133. The van der Waals surface area contributed by atoms with Gasteiger partial charge in [-0.3, -0.25) is 4.79 Å². The van der Waals surface area contributed by atoms with E-state index in [9.17, 15) is 9.59 Å². The Balaban J connectivity index is 2.29.